The van der Waals surface area contributed by atoms with Gasteiger partial charge in [0.1, 0.15) is 27.8 Å². The van der Waals surface area contributed by atoms with Crippen LogP contribution in [0.15, 0.2) is 57.6 Å². The number of nitrogens with two attached hydrogens (primary N) is 1. The van der Waals surface area contributed by atoms with Crippen molar-refractivity contribution in [2.75, 3.05) is 88.9 Å². The van der Waals surface area contributed by atoms with Crippen molar-refractivity contribution in [2.45, 2.75) is 25.2 Å². The molecule has 0 unspecified atom stereocenters. The molecule has 0 amide bonds. The minimum Gasteiger partial charge on any atom is -0.495 e. The molecule has 3 aromatic rings. The number of aromatic nitrogens is 1. The molecule has 1 aromatic heterocycles. The van der Waals surface area contributed by atoms with E-state index in [1.54, 1.807) is 6.92 Å². The van der Waals surface area contributed by atoms with Gasteiger partial charge in [0, 0.05) is 43.0 Å². The van der Waals surface area contributed by atoms with Crippen molar-refractivity contribution in [1.29, 1.82) is 0 Å². The number of methoxy groups -OCH3 is 2. The van der Waals surface area contributed by atoms with Crippen LogP contribution < -0.4 is 25.8 Å². The molecule has 2 aromatic carbocycles. The Morgan fingerprint density at radius 1 is 0.957 bits per heavy atom. The van der Waals surface area contributed by atoms with Crippen LogP contribution >= 0.6 is 0 Å². The van der Waals surface area contributed by atoms with Crippen molar-refractivity contribution in [1.82, 2.24) is 9.88 Å². The summed E-state index contributed by atoms with van der Waals surface area (Å²) in [6.07, 6.45) is 0.833. The lowest BCUT2D eigenvalue weighted by Gasteiger charge is -2.21. The van der Waals surface area contributed by atoms with E-state index in [9.17, 15) is 13.5 Å². The number of azo groups is 1. The zero-order valence-electron chi connectivity index (χ0n) is 26.8. The van der Waals surface area contributed by atoms with Crippen molar-refractivity contribution >= 4 is 44.2 Å². The maximum absolute atomic E-state index is 13.4. The van der Waals surface area contributed by atoms with Crippen LogP contribution in [0.5, 0.6) is 11.5 Å². The van der Waals surface area contributed by atoms with Crippen LogP contribution in [-0.2, 0) is 14.6 Å². The van der Waals surface area contributed by atoms with E-state index >= 15 is 0 Å². The third-order valence-corrected chi connectivity index (χ3v) is 8.67. The number of aliphatic hydroxyl groups is 2. The molecule has 0 atom stereocenters. The van der Waals surface area contributed by atoms with Crippen LogP contribution in [0, 0.1) is 6.92 Å². The highest BCUT2D eigenvalue weighted by Gasteiger charge is 2.24. The maximum Gasteiger partial charge on any atom is 0.183 e. The second-order valence-corrected chi connectivity index (χ2v) is 12.3. The van der Waals surface area contributed by atoms with Gasteiger partial charge in [-0.05, 0) is 32.0 Å². The molecule has 0 fully saturated rings. The number of sulfone groups is 1. The number of pyridine rings is 1. The smallest absolute Gasteiger partial charge is 0.183 e. The average molecular weight is 660 g/mol. The van der Waals surface area contributed by atoms with Gasteiger partial charge >= 0.3 is 0 Å². The fourth-order valence-corrected chi connectivity index (χ4v) is 6.00. The zero-order valence-corrected chi connectivity index (χ0v) is 27.6. The fraction of sp³-hybridized carbons (Fsp3) is 0.452. The summed E-state index contributed by atoms with van der Waals surface area (Å²) in [6.45, 7) is 5.97. The lowest BCUT2D eigenvalue weighted by Crippen LogP contribution is -2.32. The Morgan fingerprint density at radius 3 is 2.35 bits per heavy atom. The Kier molecular flexibility index (Phi) is 14.4. The molecule has 0 bridgehead atoms. The summed E-state index contributed by atoms with van der Waals surface area (Å²) in [5.74, 6) is 0.915. The lowest BCUT2D eigenvalue weighted by atomic mass is 10.2. The van der Waals surface area contributed by atoms with E-state index in [2.05, 4.69) is 25.8 Å². The first-order valence-electron chi connectivity index (χ1n) is 15.0. The molecule has 0 saturated heterocycles. The van der Waals surface area contributed by atoms with E-state index in [4.69, 9.17) is 25.1 Å². The summed E-state index contributed by atoms with van der Waals surface area (Å²) in [4.78, 5) is 6.55. The number of hydrogen-bond donors (Lipinski definition) is 5. The minimum absolute atomic E-state index is 0.0295. The average Bonchev–Trinajstić information content (AvgIpc) is 3.05. The van der Waals surface area contributed by atoms with Gasteiger partial charge in [-0.25, -0.2) is 13.4 Å². The van der Waals surface area contributed by atoms with Gasteiger partial charge in [-0.15, -0.1) is 10.2 Å². The first-order chi connectivity index (χ1) is 22.2. The predicted molar refractivity (Wildman–Crippen MR) is 179 cm³/mol. The summed E-state index contributed by atoms with van der Waals surface area (Å²) >= 11 is 0. The fourth-order valence-electron chi connectivity index (χ4n) is 4.55. The summed E-state index contributed by atoms with van der Waals surface area (Å²) in [6, 6.07) is 12.3. The Bertz CT molecular complexity index is 1530. The molecule has 0 aliphatic carbocycles. The Balaban J connectivity index is 1.99. The van der Waals surface area contributed by atoms with Gasteiger partial charge in [0.05, 0.1) is 52.1 Å². The van der Waals surface area contributed by atoms with Gasteiger partial charge in [-0.3, -0.25) is 0 Å². The number of ether oxygens (including phenoxy) is 3. The molecule has 3 rings (SSSR count). The van der Waals surface area contributed by atoms with Gasteiger partial charge in [-0.1, -0.05) is 25.1 Å². The van der Waals surface area contributed by atoms with Gasteiger partial charge in [0.15, 0.2) is 21.5 Å². The molecule has 46 heavy (non-hydrogen) atoms. The number of aliphatic hydroxyl groups excluding tert-OH is 2. The largest absolute Gasteiger partial charge is 0.495 e. The van der Waals surface area contributed by atoms with E-state index in [1.165, 1.54) is 26.4 Å². The second kappa shape index (κ2) is 18.2. The molecule has 15 heteroatoms. The molecule has 0 aliphatic rings. The first-order valence-corrected chi connectivity index (χ1v) is 16.6. The molecular weight excluding hydrogens is 614 g/mol. The zero-order chi connectivity index (χ0) is 33.5. The number of para-hydroxylation sites is 1. The van der Waals surface area contributed by atoms with Gasteiger partial charge in [-0.2, -0.15) is 0 Å². The van der Waals surface area contributed by atoms with Crippen LogP contribution in [0.1, 0.15) is 18.9 Å². The number of nitrogens with one attached hydrogen (secondary N) is 2. The van der Waals surface area contributed by atoms with Crippen LogP contribution in [0.4, 0.5) is 34.4 Å². The summed E-state index contributed by atoms with van der Waals surface area (Å²) in [7, 11) is -0.989. The number of nitrogen functional groups attached to an aromatic ring is 1. The Hall–Kier alpha value is -4.02. The van der Waals surface area contributed by atoms with Gasteiger partial charge in [0.2, 0.25) is 0 Å². The summed E-state index contributed by atoms with van der Waals surface area (Å²) in [5, 5.41) is 33.6. The molecule has 0 spiro atoms. The molecule has 0 radical (unpaired) electrons. The molecular formula is C31H45N7O7S. The molecule has 1 heterocycles. The molecule has 0 aliphatic heterocycles. The summed E-state index contributed by atoms with van der Waals surface area (Å²) in [5.41, 5.74) is 8.77. The Morgan fingerprint density at radius 2 is 1.70 bits per heavy atom. The van der Waals surface area contributed by atoms with Crippen molar-refractivity contribution < 1.29 is 32.8 Å². The quantitative estimate of drug-likeness (QED) is 0.0865. The van der Waals surface area contributed by atoms with Gasteiger partial charge < -0.3 is 45.7 Å². The standard InChI is InChI=1S/C31H45N7O7S/c1-5-12-38(13-15-39)14-19-46(41,42)27-21-25(43-3)24(20-26(27)44-4)36-37-29-22(2)28(32)30(33-11-17-45-18-16-40)35-31(29)34-23-9-7-6-8-10-23/h6-10,20-21,39-40H,5,11-19,32H2,1-4H3,(H2,33,34,35)/b37-36+. The van der Waals surface area contributed by atoms with E-state index in [1.807, 2.05) is 42.2 Å². The third-order valence-electron chi connectivity index (χ3n) is 6.96. The SMILES string of the molecule is CCCN(CCO)CCS(=O)(=O)c1cc(OC)c(/N=N/c2c(Nc3ccccc3)nc(NCCOCCO)c(N)c2C)cc1OC. The minimum atomic E-state index is -3.79. The van der Waals surface area contributed by atoms with Crippen LogP contribution in [-0.4, -0.2) is 101 Å². The monoisotopic (exact) mass is 659 g/mol. The van der Waals surface area contributed by atoms with Crippen molar-refractivity contribution in [3.05, 3.63) is 48.0 Å². The van der Waals surface area contributed by atoms with E-state index in [-0.39, 0.29) is 54.2 Å². The highest BCUT2D eigenvalue weighted by molar-refractivity contribution is 7.91. The first kappa shape index (κ1) is 36.4. The summed E-state index contributed by atoms with van der Waals surface area (Å²) < 4.78 is 43.2. The van der Waals surface area contributed by atoms with E-state index < -0.39 is 9.84 Å². The molecule has 252 valence electrons. The normalized spacial score (nSPS) is 11.7. The van der Waals surface area contributed by atoms with Gasteiger partial charge in [0.25, 0.3) is 0 Å². The van der Waals surface area contributed by atoms with Crippen molar-refractivity contribution in [3.8, 4) is 11.5 Å². The van der Waals surface area contributed by atoms with Crippen LogP contribution in [0.2, 0.25) is 0 Å². The molecule has 14 nitrogen and oxygen atoms in total. The predicted octanol–water partition coefficient (Wildman–Crippen LogP) is 4.05. The number of anilines is 4. The van der Waals surface area contributed by atoms with Crippen molar-refractivity contribution in [3.63, 3.8) is 0 Å². The Labute approximate surface area is 270 Å². The highest BCUT2D eigenvalue weighted by Crippen LogP contribution is 2.41. The molecule has 0 saturated carbocycles. The van der Waals surface area contributed by atoms with E-state index in [0.717, 1.165) is 12.1 Å². The number of rotatable bonds is 20. The number of hydrogen-bond acceptors (Lipinski definition) is 14. The lowest BCUT2D eigenvalue weighted by molar-refractivity contribution is 0.0992. The van der Waals surface area contributed by atoms with Crippen LogP contribution in [0.25, 0.3) is 0 Å². The molecule has 6 N–H and O–H groups in total. The second-order valence-electron chi connectivity index (χ2n) is 10.2. The van der Waals surface area contributed by atoms with Crippen LogP contribution in [0.3, 0.4) is 0 Å². The maximum atomic E-state index is 13.4. The van der Waals surface area contributed by atoms with E-state index in [0.29, 0.717) is 54.8 Å². The highest BCUT2D eigenvalue weighted by atomic mass is 32.2. The number of benzene rings is 2. The topological polar surface area (TPSA) is 193 Å². The third kappa shape index (κ3) is 9.99. The van der Waals surface area contributed by atoms with Crippen molar-refractivity contribution in [2.24, 2.45) is 10.2 Å². The number of nitrogens with zero attached hydrogens (tertiary/aromatic N) is 4.